The lowest BCUT2D eigenvalue weighted by atomic mass is 10.0. The molecule has 0 spiro atoms. The third-order valence-corrected chi connectivity index (χ3v) is 2.33. The molecule has 1 heterocycles. The number of benzene rings is 1. The van der Waals surface area contributed by atoms with Crippen molar-refractivity contribution in [2.75, 3.05) is 13.9 Å². The molecular formula is C11H12O4. The monoisotopic (exact) mass is 208 g/mol. The van der Waals surface area contributed by atoms with Gasteiger partial charge in [-0.3, -0.25) is 0 Å². The van der Waals surface area contributed by atoms with E-state index in [-0.39, 0.29) is 12.9 Å². The molecule has 4 nitrogen and oxygen atoms in total. The maximum absolute atomic E-state index is 11.4. The Kier molecular flexibility index (Phi) is 2.99. The van der Waals surface area contributed by atoms with Gasteiger partial charge in [0, 0.05) is 0 Å². The first-order chi connectivity index (χ1) is 7.33. The van der Waals surface area contributed by atoms with Crippen LogP contribution in [0.3, 0.4) is 0 Å². The van der Waals surface area contributed by atoms with Gasteiger partial charge in [0.15, 0.2) is 6.10 Å². The number of esters is 1. The van der Waals surface area contributed by atoms with E-state index in [1.54, 1.807) is 0 Å². The molecule has 15 heavy (non-hydrogen) atoms. The predicted molar refractivity (Wildman–Crippen MR) is 52.0 cm³/mol. The summed E-state index contributed by atoms with van der Waals surface area (Å²) in [6.07, 6.45) is -1.02. The topological polar surface area (TPSA) is 44.8 Å². The zero-order valence-electron chi connectivity index (χ0n) is 8.38. The molecule has 80 valence electrons. The number of hydrogen-bond donors (Lipinski definition) is 0. The highest BCUT2D eigenvalue weighted by Crippen LogP contribution is 2.29. The number of methoxy groups -OCH3 is 1. The summed E-state index contributed by atoms with van der Waals surface area (Å²) in [5, 5.41) is 0. The molecule has 1 fully saturated rings. The quantitative estimate of drug-likeness (QED) is 0.686. The molecule has 0 radical (unpaired) electrons. The maximum Gasteiger partial charge on any atom is 0.338 e. The lowest BCUT2D eigenvalue weighted by Crippen LogP contribution is -2.26. The maximum atomic E-state index is 11.4. The second-order valence-corrected chi connectivity index (χ2v) is 3.23. The van der Waals surface area contributed by atoms with Gasteiger partial charge in [0.25, 0.3) is 0 Å². The van der Waals surface area contributed by atoms with Gasteiger partial charge in [-0.15, -0.1) is 0 Å². The minimum Gasteiger partial charge on any atom is -0.467 e. The Morgan fingerprint density at radius 1 is 1.33 bits per heavy atom. The second-order valence-electron chi connectivity index (χ2n) is 3.23. The standard InChI is InChI=1S/C11H12O4/c1-13-11(12)10-9(14-7-15-10)8-5-3-2-4-6-8/h2-6,9-10H,7H2,1H3/t9-,10+/m0/s1. The van der Waals surface area contributed by atoms with Crippen LogP contribution in [0, 0.1) is 0 Å². The van der Waals surface area contributed by atoms with Crippen molar-refractivity contribution >= 4 is 5.97 Å². The molecule has 4 heteroatoms. The highest BCUT2D eigenvalue weighted by molar-refractivity contribution is 5.75. The lowest BCUT2D eigenvalue weighted by Gasteiger charge is -2.14. The van der Waals surface area contributed by atoms with Crippen LogP contribution in [0.4, 0.5) is 0 Å². The van der Waals surface area contributed by atoms with E-state index in [0.29, 0.717) is 0 Å². The van der Waals surface area contributed by atoms with Gasteiger partial charge in [-0.05, 0) is 5.56 Å². The Morgan fingerprint density at radius 3 is 2.73 bits per heavy atom. The lowest BCUT2D eigenvalue weighted by molar-refractivity contribution is -0.151. The van der Waals surface area contributed by atoms with E-state index in [1.807, 2.05) is 30.3 Å². The van der Waals surface area contributed by atoms with Crippen LogP contribution in [0.1, 0.15) is 11.7 Å². The number of ether oxygens (including phenoxy) is 3. The SMILES string of the molecule is COC(=O)[C@@H]1OCO[C@H]1c1ccccc1. The normalized spacial score (nSPS) is 25.1. The van der Waals surface area contributed by atoms with E-state index in [9.17, 15) is 4.79 Å². The number of carbonyl (C=O) groups excluding carboxylic acids is 1. The first-order valence-corrected chi connectivity index (χ1v) is 4.69. The average molecular weight is 208 g/mol. The van der Waals surface area contributed by atoms with Crippen molar-refractivity contribution in [1.29, 1.82) is 0 Å². The summed E-state index contributed by atoms with van der Waals surface area (Å²) in [6, 6.07) is 9.49. The Morgan fingerprint density at radius 2 is 2.07 bits per heavy atom. The average Bonchev–Trinajstić information content (AvgIpc) is 2.78. The van der Waals surface area contributed by atoms with E-state index in [2.05, 4.69) is 4.74 Å². The number of rotatable bonds is 2. The smallest absolute Gasteiger partial charge is 0.338 e. The molecule has 2 rings (SSSR count). The Bertz CT molecular complexity index is 336. The van der Waals surface area contributed by atoms with E-state index >= 15 is 0 Å². The van der Waals surface area contributed by atoms with Crippen molar-refractivity contribution in [3.05, 3.63) is 35.9 Å². The van der Waals surface area contributed by atoms with Crippen molar-refractivity contribution in [2.45, 2.75) is 12.2 Å². The Balaban J connectivity index is 2.18. The molecule has 1 aromatic carbocycles. The van der Waals surface area contributed by atoms with E-state index < -0.39 is 12.1 Å². The first kappa shape index (κ1) is 10.1. The number of carbonyl (C=O) groups is 1. The van der Waals surface area contributed by atoms with Gasteiger partial charge in [0.2, 0.25) is 0 Å². The summed E-state index contributed by atoms with van der Waals surface area (Å²) < 4.78 is 15.2. The molecule has 1 aliphatic rings. The molecule has 0 amide bonds. The van der Waals surface area contributed by atoms with Gasteiger partial charge >= 0.3 is 5.97 Å². The van der Waals surface area contributed by atoms with Gasteiger partial charge in [0.1, 0.15) is 12.9 Å². The summed E-state index contributed by atoms with van der Waals surface area (Å²) in [4.78, 5) is 11.4. The van der Waals surface area contributed by atoms with E-state index in [1.165, 1.54) is 7.11 Å². The van der Waals surface area contributed by atoms with Crippen LogP contribution in [0.5, 0.6) is 0 Å². The predicted octanol–water partition coefficient (Wildman–Crippen LogP) is 1.27. The van der Waals surface area contributed by atoms with Crippen LogP contribution in [0.25, 0.3) is 0 Å². The molecule has 0 unspecified atom stereocenters. The van der Waals surface area contributed by atoms with Gasteiger partial charge < -0.3 is 14.2 Å². The third kappa shape index (κ3) is 2.00. The fraction of sp³-hybridized carbons (Fsp3) is 0.364. The van der Waals surface area contributed by atoms with Crippen molar-refractivity contribution in [3.63, 3.8) is 0 Å². The van der Waals surface area contributed by atoms with Gasteiger partial charge in [0.05, 0.1) is 7.11 Å². The fourth-order valence-electron chi connectivity index (χ4n) is 1.58. The van der Waals surface area contributed by atoms with Crippen molar-refractivity contribution < 1.29 is 19.0 Å². The summed E-state index contributed by atoms with van der Waals surface area (Å²) in [6.45, 7) is 0.124. The van der Waals surface area contributed by atoms with E-state index in [0.717, 1.165) is 5.56 Å². The Labute approximate surface area is 87.8 Å². The van der Waals surface area contributed by atoms with Crippen LogP contribution < -0.4 is 0 Å². The summed E-state index contributed by atoms with van der Waals surface area (Å²) >= 11 is 0. The van der Waals surface area contributed by atoms with Gasteiger partial charge in [-0.1, -0.05) is 30.3 Å². The van der Waals surface area contributed by atoms with Crippen LogP contribution in [0.2, 0.25) is 0 Å². The zero-order valence-corrected chi connectivity index (χ0v) is 8.38. The molecule has 1 aromatic rings. The van der Waals surface area contributed by atoms with Crippen LogP contribution in [-0.4, -0.2) is 26.0 Å². The molecule has 2 atom stereocenters. The third-order valence-electron chi connectivity index (χ3n) is 2.33. The molecule has 0 aliphatic carbocycles. The van der Waals surface area contributed by atoms with Crippen molar-refractivity contribution in [1.82, 2.24) is 0 Å². The summed E-state index contributed by atoms with van der Waals surface area (Å²) in [7, 11) is 1.34. The minimum absolute atomic E-state index is 0.124. The highest BCUT2D eigenvalue weighted by atomic mass is 16.7. The largest absolute Gasteiger partial charge is 0.467 e. The van der Waals surface area contributed by atoms with Crippen LogP contribution >= 0.6 is 0 Å². The zero-order chi connectivity index (χ0) is 10.7. The molecular weight excluding hydrogens is 196 g/mol. The molecule has 0 aromatic heterocycles. The summed E-state index contributed by atoms with van der Waals surface area (Å²) in [5.41, 5.74) is 0.922. The molecule has 1 aliphatic heterocycles. The fourth-order valence-corrected chi connectivity index (χ4v) is 1.58. The highest BCUT2D eigenvalue weighted by Gasteiger charge is 2.37. The minimum atomic E-state index is -0.655. The van der Waals surface area contributed by atoms with E-state index in [4.69, 9.17) is 9.47 Å². The molecule has 0 saturated carbocycles. The number of hydrogen-bond acceptors (Lipinski definition) is 4. The van der Waals surface area contributed by atoms with Crippen LogP contribution in [-0.2, 0) is 19.0 Å². The van der Waals surface area contributed by atoms with Gasteiger partial charge in [-0.2, -0.15) is 0 Å². The van der Waals surface area contributed by atoms with Crippen LogP contribution in [0.15, 0.2) is 30.3 Å². The second kappa shape index (κ2) is 4.42. The first-order valence-electron chi connectivity index (χ1n) is 4.69. The summed E-state index contributed by atoms with van der Waals surface area (Å²) in [5.74, 6) is -0.402. The molecule has 1 saturated heterocycles. The molecule has 0 bridgehead atoms. The van der Waals surface area contributed by atoms with Crippen molar-refractivity contribution in [2.24, 2.45) is 0 Å². The van der Waals surface area contributed by atoms with Gasteiger partial charge in [-0.25, -0.2) is 4.79 Å². The molecule has 0 N–H and O–H groups in total. The Hall–Kier alpha value is -1.39. The van der Waals surface area contributed by atoms with Crippen molar-refractivity contribution in [3.8, 4) is 0 Å².